The lowest BCUT2D eigenvalue weighted by atomic mass is 9.98. The highest BCUT2D eigenvalue weighted by Crippen LogP contribution is 2.44. The Hall–Kier alpha value is -3.53. The van der Waals surface area contributed by atoms with Crippen LogP contribution in [0.4, 0.5) is 13.6 Å². The number of halogens is 2. The van der Waals surface area contributed by atoms with Crippen LogP contribution >= 0.6 is 0 Å². The Labute approximate surface area is 188 Å². The van der Waals surface area contributed by atoms with Crippen molar-refractivity contribution < 1.29 is 38.1 Å². The zero-order valence-electron chi connectivity index (χ0n) is 17.8. The van der Waals surface area contributed by atoms with Crippen molar-refractivity contribution in [3.63, 3.8) is 0 Å². The summed E-state index contributed by atoms with van der Waals surface area (Å²) in [7, 11) is 0. The van der Waals surface area contributed by atoms with Gasteiger partial charge in [0.2, 0.25) is 0 Å². The number of hydrogen-bond donors (Lipinski definition) is 4. The highest BCUT2D eigenvalue weighted by atomic mass is 19.3. The number of nitrogens with one attached hydrogen (secondary N) is 2. The number of carboxylic acid groups (broad SMARTS) is 1. The maximum atomic E-state index is 14.1. The molecule has 176 valence electrons. The Bertz CT molecular complexity index is 1010. The number of alkyl halides is 2. The minimum Gasteiger partial charge on any atom is -0.481 e. The standard InChI is InChI=1S/C23H24F2N2O6/c1-22(32,10-19(28)29)12-26-20(30)23(24,25)13-27-21(31)33-11-18-16-8-4-2-6-14(16)15-7-3-5-9-17(15)18/h2-9,18,32H,10-13H2,1H3,(H,26,30)(H,27,31)(H,28,29). The van der Waals surface area contributed by atoms with Crippen molar-refractivity contribution in [3.8, 4) is 11.1 Å². The smallest absolute Gasteiger partial charge is 0.407 e. The largest absolute Gasteiger partial charge is 0.481 e. The van der Waals surface area contributed by atoms with Crippen LogP contribution in [0.5, 0.6) is 0 Å². The van der Waals surface area contributed by atoms with E-state index in [-0.39, 0.29) is 12.5 Å². The fraction of sp³-hybridized carbons (Fsp3) is 0.348. The summed E-state index contributed by atoms with van der Waals surface area (Å²) in [5.41, 5.74) is 2.06. The van der Waals surface area contributed by atoms with Gasteiger partial charge >= 0.3 is 18.0 Å². The van der Waals surface area contributed by atoms with Crippen LogP contribution in [0.2, 0.25) is 0 Å². The number of ether oxygens (including phenoxy) is 1. The van der Waals surface area contributed by atoms with Crippen LogP contribution in [-0.2, 0) is 14.3 Å². The lowest BCUT2D eigenvalue weighted by Gasteiger charge is -2.23. The van der Waals surface area contributed by atoms with Crippen molar-refractivity contribution in [3.05, 3.63) is 59.7 Å². The third-order valence-corrected chi connectivity index (χ3v) is 5.29. The van der Waals surface area contributed by atoms with E-state index >= 15 is 0 Å². The first kappa shape index (κ1) is 24.1. The topological polar surface area (TPSA) is 125 Å². The summed E-state index contributed by atoms with van der Waals surface area (Å²) in [5.74, 6) is -7.35. The molecule has 0 bridgehead atoms. The average Bonchev–Trinajstić information content (AvgIpc) is 3.07. The van der Waals surface area contributed by atoms with E-state index in [1.807, 2.05) is 53.8 Å². The number of carbonyl (C=O) groups excluding carboxylic acids is 2. The van der Waals surface area contributed by atoms with Crippen molar-refractivity contribution in [2.75, 3.05) is 19.7 Å². The molecule has 8 nitrogen and oxygen atoms in total. The van der Waals surface area contributed by atoms with Crippen LogP contribution < -0.4 is 10.6 Å². The van der Waals surface area contributed by atoms with Gasteiger partial charge in [-0.15, -0.1) is 0 Å². The maximum absolute atomic E-state index is 14.1. The van der Waals surface area contributed by atoms with Gasteiger partial charge in [0.25, 0.3) is 5.91 Å². The number of aliphatic carboxylic acids is 1. The van der Waals surface area contributed by atoms with Crippen LogP contribution in [-0.4, -0.2) is 59.4 Å². The third-order valence-electron chi connectivity index (χ3n) is 5.29. The van der Waals surface area contributed by atoms with Gasteiger partial charge in [-0.25, -0.2) is 4.79 Å². The van der Waals surface area contributed by atoms with E-state index in [1.54, 1.807) is 5.32 Å². The summed E-state index contributed by atoms with van der Waals surface area (Å²) < 4.78 is 33.3. The van der Waals surface area contributed by atoms with Gasteiger partial charge in [-0.05, 0) is 29.2 Å². The molecule has 0 aromatic heterocycles. The fourth-order valence-corrected chi connectivity index (χ4v) is 3.70. The molecule has 0 spiro atoms. The summed E-state index contributed by atoms with van der Waals surface area (Å²) in [6.07, 6.45) is -1.85. The molecule has 3 rings (SSSR count). The number of fused-ring (bicyclic) bond motifs is 3. The second kappa shape index (κ2) is 9.53. The molecule has 0 saturated carbocycles. The number of carbonyl (C=O) groups is 3. The van der Waals surface area contributed by atoms with Crippen molar-refractivity contribution in [2.24, 2.45) is 0 Å². The van der Waals surface area contributed by atoms with Crippen molar-refractivity contribution in [1.82, 2.24) is 10.6 Å². The molecule has 2 aromatic rings. The van der Waals surface area contributed by atoms with Gasteiger partial charge in [0.1, 0.15) is 6.61 Å². The van der Waals surface area contributed by atoms with Crippen LogP contribution in [0.25, 0.3) is 11.1 Å². The summed E-state index contributed by atoms with van der Waals surface area (Å²) in [6.45, 7) is -1.00. The molecule has 0 saturated heterocycles. The number of amides is 2. The Morgan fingerprint density at radius 2 is 1.52 bits per heavy atom. The quantitative estimate of drug-likeness (QED) is 0.454. The molecule has 1 aliphatic carbocycles. The van der Waals surface area contributed by atoms with E-state index in [0.717, 1.165) is 29.2 Å². The lowest BCUT2D eigenvalue weighted by Crippen LogP contribution is -2.51. The molecule has 1 aliphatic rings. The first-order valence-corrected chi connectivity index (χ1v) is 10.2. The number of alkyl carbamates (subject to hydrolysis) is 1. The van der Waals surface area contributed by atoms with Gasteiger partial charge in [0, 0.05) is 12.5 Å². The van der Waals surface area contributed by atoms with Gasteiger partial charge in [0.15, 0.2) is 0 Å². The fourth-order valence-electron chi connectivity index (χ4n) is 3.70. The van der Waals surface area contributed by atoms with Gasteiger partial charge in [0.05, 0.1) is 18.6 Å². The average molecular weight is 462 g/mol. The van der Waals surface area contributed by atoms with E-state index in [1.165, 1.54) is 0 Å². The molecule has 0 aliphatic heterocycles. The zero-order valence-corrected chi connectivity index (χ0v) is 17.8. The molecule has 0 heterocycles. The third kappa shape index (κ3) is 5.83. The van der Waals surface area contributed by atoms with E-state index in [2.05, 4.69) is 0 Å². The summed E-state index contributed by atoms with van der Waals surface area (Å²) in [6, 6.07) is 15.3. The number of carboxylic acids is 1. The highest BCUT2D eigenvalue weighted by Gasteiger charge is 2.40. The van der Waals surface area contributed by atoms with Gasteiger partial charge in [-0.3, -0.25) is 9.59 Å². The summed E-state index contributed by atoms with van der Waals surface area (Å²) in [4.78, 5) is 34.4. The Balaban J connectivity index is 1.52. The Kier molecular flexibility index (Phi) is 6.97. The molecule has 33 heavy (non-hydrogen) atoms. The molecule has 2 amide bonds. The van der Waals surface area contributed by atoms with E-state index in [4.69, 9.17) is 9.84 Å². The number of rotatable bonds is 9. The van der Waals surface area contributed by atoms with Crippen molar-refractivity contribution in [1.29, 1.82) is 0 Å². The molecular weight excluding hydrogens is 438 g/mol. The lowest BCUT2D eigenvalue weighted by molar-refractivity contribution is -0.148. The minimum absolute atomic E-state index is 0.0737. The number of benzene rings is 2. The molecule has 0 fully saturated rings. The number of aliphatic hydroxyl groups is 1. The first-order valence-electron chi connectivity index (χ1n) is 10.2. The van der Waals surface area contributed by atoms with Crippen LogP contribution in [0.3, 0.4) is 0 Å². The normalized spacial score (nSPS) is 14.5. The predicted octanol–water partition coefficient (Wildman–Crippen LogP) is 2.50. The van der Waals surface area contributed by atoms with E-state index in [9.17, 15) is 28.3 Å². The second-order valence-corrected chi connectivity index (χ2v) is 8.13. The Morgan fingerprint density at radius 1 is 0.970 bits per heavy atom. The van der Waals surface area contributed by atoms with Crippen molar-refractivity contribution in [2.45, 2.75) is 30.8 Å². The molecular formula is C23H24F2N2O6. The second-order valence-electron chi connectivity index (χ2n) is 8.13. The van der Waals surface area contributed by atoms with E-state index in [0.29, 0.717) is 0 Å². The SMILES string of the molecule is CC(O)(CNC(=O)C(F)(F)CNC(=O)OCC1c2ccccc2-c2ccccc21)CC(=O)O. The molecule has 1 atom stereocenters. The molecule has 1 unspecified atom stereocenters. The van der Waals surface area contributed by atoms with Crippen molar-refractivity contribution >= 4 is 18.0 Å². The zero-order chi connectivity index (χ0) is 24.2. The molecule has 0 radical (unpaired) electrons. The first-order chi connectivity index (χ1) is 15.5. The summed E-state index contributed by atoms with van der Waals surface area (Å²) >= 11 is 0. The van der Waals surface area contributed by atoms with Crippen LogP contribution in [0.1, 0.15) is 30.4 Å². The van der Waals surface area contributed by atoms with Gasteiger partial charge < -0.3 is 25.6 Å². The van der Waals surface area contributed by atoms with Gasteiger partial charge in [-0.2, -0.15) is 8.78 Å². The van der Waals surface area contributed by atoms with Gasteiger partial charge in [-0.1, -0.05) is 48.5 Å². The molecule has 10 heteroatoms. The monoisotopic (exact) mass is 462 g/mol. The molecule has 4 N–H and O–H groups in total. The Morgan fingerprint density at radius 3 is 2.06 bits per heavy atom. The van der Waals surface area contributed by atoms with Crippen LogP contribution in [0.15, 0.2) is 48.5 Å². The summed E-state index contributed by atoms with van der Waals surface area (Å²) in [5, 5.41) is 22.1. The maximum Gasteiger partial charge on any atom is 0.407 e. The van der Waals surface area contributed by atoms with E-state index < -0.39 is 49.0 Å². The minimum atomic E-state index is -4.00. The highest BCUT2D eigenvalue weighted by molar-refractivity contribution is 5.84. The molecule has 2 aromatic carbocycles. The van der Waals surface area contributed by atoms with Crippen LogP contribution in [0, 0.1) is 0 Å². The number of hydrogen-bond acceptors (Lipinski definition) is 5. The predicted molar refractivity (Wildman–Crippen MR) is 114 cm³/mol.